The van der Waals surface area contributed by atoms with Crippen molar-refractivity contribution in [3.05, 3.63) is 141 Å². The maximum Gasteiger partial charge on any atom is 0.411 e. The fourth-order valence-corrected chi connectivity index (χ4v) is 19.1. The number of likely N-dealkylation sites (tertiary alicyclic amines) is 4. The molecule has 4 fully saturated rings. The molecule has 0 aliphatic carbocycles. The smallest absolute Gasteiger partial charge is 0.411 e. The number of ether oxygens (including phenoxy) is 12. The van der Waals surface area contributed by atoms with Crippen LogP contribution in [0.25, 0.3) is 43.6 Å². The summed E-state index contributed by atoms with van der Waals surface area (Å²) in [7, 11) is 5.15. The fraction of sp³-hybridized carbons (Fsp3) is 0.522. The molecule has 0 bridgehead atoms. The summed E-state index contributed by atoms with van der Waals surface area (Å²) in [4.78, 5) is 124. The van der Waals surface area contributed by atoms with Crippen molar-refractivity contribution in [2.24, 2.45) is 0 Å². The van der Waals surface area contributed by atoms with Crippen LogP contribution in [0.5, 0.6) is 23.0 Å². The molecule has 4 amide bonds. The number of fused-ring (bicyclic) bond motifs is 12. The second kappa shape index (κ2) is 34.6. The average molecular weight is 1790 g/mol. The Morgan fingerprint density at radius 3 is 0.849 bits per heavy atom. The van der Waals surface area contributed by atoms with Crippen LogP contribution in [-0.2, 0) is 69.9 Å². The van der Waals surface area contributed by atoms with Gasteiger partial charge in [0.2, 0.25) is 0 Å². The van der Waals surface area contributed by atoms with Crippen molar-refractivity contribution in [2.45, 2.75) is 255 Å². The number of halogens is 6. The summed E-state index contributed by atoms with van der Waals surface area (Å²) in [5, 5.41) is 1.58. The Labute approximate surface area is 737 Å². The summed E-state index contributed by atoms with van der Waals surface area (Å²) in [6, 6.07) is 15.9. The maximum absolute atomic E-state index is 14.4. The Bertz CT molecular complexity index is 5360. The minimum atomic E-state index is -0.928. The highest BCUT2D eigenvalue weighted by atomic mass is 35.5. The van der Waals surface area contributed by atoms with Crippen LogP contribution in [0.15, 0.2) is 72.8 Å². The lowest BCUT2D eigenvalue weighted by Crippen LogP contribution is -2.46. The minimum absolute atomic E-state index is 0.102. The first-order chi connectivity index (χ1) is 59.0. The molecule has 28 nitrogen and oxygen atoms in total. The molecule has 4 spiro atoms. The fourth-order valence-electron chi connectivity index (χ4n) is 18.1. The van der Waals surface area contributed by atoms with E-state index in [1.165, 1.54) is 72.3 Å². The molecule has 12 heterocycles. The van der Waals surface area contributed by atoms with Gasteiger partial charge in [-0.1, -0.05) is 48.5 Å². The first kappa shape index (κ1) is 92.6. The number of aryl methyl sites for hydroxylation is 6. The predicted molar refractivity (Wildman–Crippen MR) is 456 cm³/mol. The number of alkyl halides is 2. The van der Waals surface area contributed by atoms with Gasteiger partial charge in [-0.3, -0.25) is 19.6 Å². The number of nitrogens with zero attached hydrogens (tertiary/aromatic N) is 8. The van der Waals surface area contributed by atoms with Crippen LogP contribution in [0.2, 0.25) is 0 Å². The molecule has 0 radical (unpaired) electrons. The van der Waals surface area contributed by atoms with E-state index >= 15 is 0 Å². The number of esters is 4. The molecule has 2 unspecified atom stereocenters. The third kappa shape index (κ3) is 18.7. The molecule has 10 atom stereocenters. The molecule has 126 heavy (non-hydrogen) atoms. The third-order valence-electron chi connectivity index (χ3n) is 23.3. The van der Waals surface area contributed by atoms with Crippen molar-refractivity contribution in [1.82, 2.24) is 39.5 Å². The average Bonchev–Trinajstić information content (AvgIpc) is 1.41. The monoisotopic (exact) mass is 1790 g/mol. The van der Waals surface area contributed by atoms with E-state index in [0.29, 0.717) is 130 Å². The molecule has 0 saturated carbocycles. The lowest BCUT2D eigenvalue weighted by atomic mass is 9.87. The summed E-state index contributed by atoms with van der Waals surface area (Å²) in [6.07, 6.45) is 1.60. The largest absolute Gasteiger partial charge is 0.483 e. The van der Waals surface area contributed by atoms with Crippen molar-refractivity contribution in [3.8, 4) is 23.0 Å². The lowest BCUT2D eigenvalue weighted by molar-refractivity contribution is -0.146. The minimum Gasteiger partial charge on any atom is -0.483 e. The van der Waals surface area contributed by atoms with Crippen molar-refractivity contribution in [2.75, 3.05) is 54.6 Å². The van der Waals surface area contributed by atoms with Crippen LogP contribution in [0.1, 0.15) is 190 Å². The Balaban J connectivity index is 0.000000144. The van der Waals surface area contributed by atoms with Gasteiger partial charge in [0.1, 0.15) is 137 Å². The van der Waals surface area contributed by atoms with Crippen LogP contribution in [0.4, 0.5) is 36.7 Å². The van der Waals surface area contributed by atoms with Gasteiger partial charge in [0.15, 0.2) is 0 Å². The number of aromatic nitrogens is 4. The van der Waals surface area contributed by atoms with Crippen LogP contribution in [-0.4, -0.2) is 211 Å². The Kier molecular flexibility index (Phi) is 25.5. The van der Waals surface area contributed by atoms with E-state index in [2.05, 4.69) is 19.9 Å². The van der Waals surface area contributed by atoms with E-state index in [1.807, 2.05) is 12.1 Å². The lowest BCUT2D eigenvalue weighted by Gasteiger charge is -2.38. The number of para-hydroxylation sites is 4. The molecule has 8 aliphatic rings. The predicted octanol–water partition coefficient (Wildman–Crippen LogP) is 17.2. The molecular formula is C92H106Cl2F4N8O20. The normalized spacial score (nSPS) is 23.9. The quantitative estimate of drug-likeness (QED) is 0.0684. The van der Waals surface area contributed by atoms with E-state index in [9.17, 15) is 55.9 Å². The number of methoxy groups -OCH3 is 4. The molecular weight excluding hydrogens is 1680 g/mol. The maximum atomic E-state index is 14.4. The van der Waals surface area contributed by atoms with Crippen molar-refractivity contribution >= 4 is 115 Å². The number of hydrogen-bond acceptors (Lipinski definition) is 24. The Morgan fingerprint density at radius 1 is 0.357 bits per heavy atom. The first-order valence-corrected chi connectivity index (χ1v) is 42.5. The number of carbonyl (C=O) groups is 8. The molecule has 4 saturated heterocycles. The van der Waals surface area contributed by atoms with E-state index in [1.54, 1.807) is 147 Å². The third-order valence-corrected chi connectivity index (χ3v) is 24.1. The summed E-state index contributed by atoms with van der Waals surface area (Å²) in [5.74, 6) is -1.60. The molecule has 8 aromatic rings. The zero-order valence-corrected chi connectivity index (χ0v) is 75.8. The molecule has 676 valence electrons. The summed E-state index contributed by atoms with van der Waals surface area (Å²) in [5.41, 5.74) is 0.176. The van der Waals surface area contributed by atoms with Gasteiger partial charge in [0.25, 0.3) is 0 Å². The number of benzene rings is 4. The van der Waals surface area contributed by atoms with Crippen molar-refractivity contribution in [1.29, 1.82) is 0 Å². The number of amides is 4. The van der Waals surface area contributed by atoms with Crippen molar-refractivity contribution in [3.63, 3.8) is 0 Å². The number of pyridine rings is 4. The molecule has 34 heteroatoms. The Hall–Kier alpha value is -11.0. The molecule has 4 aromatic heterocycles. The topological polar surface area (TPSA) is 312 Å². The first-order valence-electron chi connectivity index (χ1n) is 41.6. The van der Waals surface area contributed by atoms with Crippen molar-refractivity contribution < 1.29 is 113 Å². The van der Waals surface area contributed by atoms with Gasteiger partial charge < -0.3 is 56.8 Å². The highest BCUT2D eigenvalue weighted by molar-refractivity contribution is 6.23. The van der Waals surface area contributed by atoms with E-state index in [4.69, 9.17) is 80.0 Å². The zero-order chi connectivity index (χ0) is 91.9. The number of carbonyl (C=O) groups excluding carboxylic acids is 8. The summed E-state index contributed by atoms with van der Waals surface area (Å²) < 4.78 is 125. The SMILES string of the molecule is COC(=O)[C@@H]1C[C@@]2(CC(Cl)c3c(c(C)nc4c(F)cccc34)O2)CN1C(=O)OC(C)(C)C.COC(=O)[C@@H]1C[C@@]2(CCc3c(c(C)nc4c(F)cccc34)O2)CN1C(=O)OC(C)(C)C.COC(=O)[C@@H]1C[C@]2(CC(Cl)c3c(c(C)nc4c(F)cccc34)O2)CN1C(=O)OC(C)(C)C.COC(=O)[C@@H]1C[C@]2(CCc3c(c(C)nc4c(F)cccc34)O2)CN1C(=O)OC(C)(C)C. The van der Waals surface area contributed by atoms with Gasteiger partial charge in [-0.2, -0.15) is 0 Å². The standard InChI is InChI=1S/2C23H26ClFN2O5.2C23H27FN2O5/c2*1-12-19-17(13-7-6-8-15(25)18(13)26-12)14(24)9-23(31-19)10-16(20(28)30-5)27(11-23)21(29)32-22(2,3)4;2*1-13-19-15(14-7-6-8-16(24)18(14)25-13)9-10-23(30-19)11-17(20(27)29-5)26(12-23)21(28)31-22(2,3)4/h2*6-8,14,16H,9-11H2,1-5H3;2*6-8,17H,9-12H2,1-5H3/t14?,16-,23+;14?,16-,23-;17-,23+;17-,23-/m0000/s1. The van der Waals surface area contributed by atoms with E-state index in [0.717, 1.165) is 21.9 Å². The van der Waals surface area contributed by atoms with E-state index in [-0.39, 0.29) is 61.7 Å². The molecule has 4 aromatic carbocycles. The second-order valence-electron chi connectivity index (χ2n) is 37.3. The van der Waals surface area contributed by atoms with Crippen LogP contribution in [0, 0.1) is 51.0 Å². The second-order valence-corrected chi connectivity index (χ2v) is 38.4. The van der Waals surface area contributed by atoms with Gasteiger partial charge in [-0.05, 0) is 161 Å². The molecule has 16 rings (SSSR count). The zero-order valence-electron chi connectivity index (χ0n) is 74.3. The van der Waals surface area contributed by atoms with Gasteiger partial charge in [0, 0.05) is 82.3 Å². The molecule has 0 N–H and O–H groups in total. The summed E-state index contributed by atoms with van der Waals surface area (Å²) >= 11 is 13.7. The van der Waals surface area contributed by atoms with Gasteiger partial charge in [-0.25, -0.2) is 75.9 Å². The number of rotatable bonds is 4. The van der Waals surface area contributed by atoms with Crippen LogP contribution < -0.4 is 18.9 Å². The molecule has 8 aliphatic heterocycles. The summed E-state index contributed by atoms with van der Waals surface area (Å²) in [6.45, 7) is 28.8. The van der Waals surface area contributed by atoms with Gasteiger partial charge in [-0.15, -0.1) is 23.2 Å². The number of hydrogen-bond donors (Lipinski definition) is 0. The Morgan fingerprint density at radius 2 is 0.587 bits per heavy atom. The van der Waals surface area contributed by atoms with E-state index < -0.39 is 140 Å². The van der Waals surface area contributed by atoms with Gasteiger partial charge >= 0.3 is 48.3 Å². The highest BCUT2D eigenvalue weighted by Gasteiger charge is 2.60. The van der Waals surface area contributed by atoms with Crippen LogP contribution in [0.3, 0.4) is 0 Å². The van der Waals surface area contributed by atoms with Gasteiger partial charge in [0.05, 0.1) is 88.1 Å². The van der Waals surface area contributed by atoms with Crippen LogP contribution >= 0.6 is 23.2 Å². The highest BCUT2D eigenvalue weighted by Crippen LogP contribution is 2.55.